The number of piperazine rings is 1. The van der Waals surface area contributed by atoms with Gasteiger partial charge in [0.05, 0.1) is 0 Å². The Kier molecular flexibility index (Phi) is 4.92. The SMILES string of the molecule is COCC(=O)N1CCN(C(=O)c2ccnc(Cl)c2)CC1. The van der Waals surface area contributed by atoms with E-state index in [4.69, 9.17) is 16.3 Å². The van der Waals surface area contributed by atoms with Crippen molar-refractivity contribution in [3.8, 4) is 0 Å². The molecule has 1 aliphatic heterocycles. The highest BCUT2D eigenvalue weighted by atomic mass is 35.5. The van der Waals surface area contributed by atoms with Gasteiger partial charge in [-0.2, -0.15) is 0 Å². The van der Waals surface area contributed by atoms with Crippen LogP contribution < -0.4 is 0 Å². The van der Waals surface area contributed by atoms with Crippen LogP contribution in [0, 0.1) is 0 Å². The molecule has 0 saturated carbocycles. The van der Waals surface area contributed by atoms with Crippen molar-refractivity contribution < 1.29 is 14.3 Å². The first kappa shape index (κ1) is 14.7. The summed E-state index contributed by atoms with van der Waals surface area (Å²) in [7, 11) is 1.49. The fourth-order valence-corrected chi connectivity index (χ4v) is 2.27. The molecule has 7 heteroatoms. The molecule has 0 aliphatic carbocycles. The van der Waals surface area contributed by atoms with E-state index in [-0.39, 0.29) is 18.4 Å². The van der Waals surface area contributed by atoms with E-state index in [1.807, 2.05) is 0 Å². The van der Waals surface area contributed by atoms with Gasteiger partial charge in [-0.3, -0.25) is 9.59 Å². The van der Waals surface area contributed by atoms with E-state index in [2.05, 4.69) is 4.98 Å². The Morgan fingerprint density at radius 2 is 1.95 bits per heavy atom. The van der Waals surface area contributed by atoms with Crippen molar-refractivity contribution in [2.75, 3.05) is 39.9 Å². The van der Waals surface area contributed by atoms with Gasteiger partial charge in [0.1, 0.15) is 11.8 Å². The average molecular weight is 298 g/mol. The number of carbonyl (C=O) groups is 2. The van der Waals surface area contributed by atoms with Crippen molar-refractivity contribution >= 4 is 23.4 Å². The van der Waals surface area contributed by atoms with Gasteiger partial charge in [-0.15, -0.1) is 0 Å². The smallest absolute Gasteiger partial charge is 0.254 e. The van der Waals surface area contributed by atoms with E-state index < -0.39 is 0 Å². The molecular formula is C13H16ClN3O3. The Labute approximate surface area is 122 Å². The number of methoxy groups -OCH3 is 1. The maximum Gasteiger partial charge on any atom is 0.254 e. The highest BCUT2D eigenvalue weighted by Gasteiger charge is 2.24. The molecule has 6 nitrogen and oxygen atoms in total. The Hall–Kier alpha value is -1.66. The predicted molar refractivity (Wildman–Crippen MR) is 73.6 cm³/mol. The van der Waals surface area contributed by atoms with Crippen LogP contribution in [0.15, 0.2) is 18.3 Å². The topological polar surface area (TPSA) is 62.7 Å². The molecule has 1 fully saturated rings. The Morgan fingerprint density at radius 3 is 2.55 bits per heavy atom. The summed E-state index contributed by atoms with van der Waals surface area (Å²) in [6.45, 7) is 2.13. The van der Waals surface area contributed by atoms with Crippen molar-refractivity contribution in [2.24, 2.45) is 0 Å². The van der Waals surface area contributed by atoms with Crippen molar-refractivity contribution in [1.82, 2.24) is 14.8 Å². The minimum Gasteiger partial charge on any atom is -0.375 e. The Morgan fingerprint density at radius 1 is 1.30 bits per heavy atom. The molecule has 1 aromatic rings. The number of halogens is 1. The van der Waals surface area contributed by atoms with Crippen LogP contribution in [0.5, 0.6) is 0 Å². The molecule has 2 amide bonds. The molecule has 0 bridgehead atoms. The normalized spacial score (nSPS) is 15.3. The highest BCUT2D eigenvalue weighted by molar-refractivity contribution is 6.29. The van der Waals surface area contributed by atoms with Gasteiger partial charge in [-0.25, -0.2) is 4.98 Å². The molecule has 0 aromatic carbocycles. The first-order valence-corrected chi connectivity index (χ1v) is 6.67. The lowest BCUT2D eigenvalue weighted by atomic mass is 10.2. The summed E-state index contributed by atoms with van der Waals surface area (Å²) in [6.07, 6.45) is 1.51. The summed E-state index contributed by atoms with van der Waals surface area (Å²) in [5.41, 5.74) is 0.515. The average Bonchev–Trinajstić information content (AvgIpc) is 2.47. The van der Waals surface area contributed by atoms with E-state index in [0.717, 1.165) is 0 Å². The van der Waals surface area contributed by atoms with Gasteiger partial charge in [-0.1, -0.05) is 11.6 Å². The lowest BCUT2D eigenvalue weighted by Gasteiger charge is -2.34. The van der Waals surface area contributed by atoms with Crippen LogP contribution in [-0.4, -0.2) is 66.5 Å². The van der Waals surface area contributed by atoms with Gasteiger partial charge in [0.2, 0.25) is 5.91 Å². The van der Waals surface area contributed by atoms with Crippen LogP contribution in [0.4, 0.5) is 0 Å². The van der Waals surface area contributed by atoms with Crippen molar-refractivity contribution in [3.05, 3.63) is 29.0 Å². The van der Waals surface area contributed by atoms with Crippen LogP contribution in [0.1, 0.15) is 10.4 Å². The highest BCUT2D eigenvalue weighted by Crippen LogP contribution is 2.12. The van der Waals surface area contributed by atoms with Gasteiger partial charge in [0, 0.05) is 45.0 Å². The number of amides is 2. The molecule has 2 heterocycles. The standard InChI is InChI=1S/C13H16ClN3O3/c1-20-9-12(18)16-4-6-17(7-5-16)13(19)10-2-3-15-11(14)8-10/h2-3,8H,4-7,9H2,1H3. The molecule has 0 unspecified atom stereocenters. The second kappa shape index (κ2) is 6.67. The second-order valence-corrected chi connectivity index (χ2v) is 4.86. The number of rotatable bonds is 3. The van der Waals surface area contributed by atoms with Crippen LogP contribution in [0.25, 0.3) is 0 Å². The van der Waals surface area contributed by atoms with Gasteiger partial charge >= 0.3 is 0 Å². The van der Waals surface area contributed by atoms with Gasteiger partial charge in [-0.05, 0) is 12.1 Å². The minimum atomic E-state index is -0.0897. The molecule has 1 aliphatic rings. The molecular weight excluding hydrogens is 282 g/mol. The van der Waals surface area contributed by atoms with Crippen LogP contribution in [-0.2, 0) is 9.53 Å². The fraction of sp³-hybridized carbons (Fsp3) is 0.462. The van der Waals surface area contributed by atoms with Crippen molar-refractivity contribution in [2.45, 2.75) is 0 Å². The molecule has 108 valence electrons. The Balaban J connectivity index is 1.93. The molecule has 20 heavy (non-hydrogen) atoms. The van der Waals surface area contributed by atoms with E-state index in [0.29, 0.717) is 36.9 Å². The molecule has 2 rings (SSSR count). The zero-order valence-corrected chi connectivity index (χ0v) is 12.0. The number of carbonyl (C=O) groups excluding carboxylic acids is 2. The second-order valence-electron chi connectivity index (χ2n) is 4.47. The fourth-order valence-electron chi connectivity index (χ4n) is 2.09. The summed E-state index contributed by atoms with van der Waals surface area (Å²) >= 11 is 5.78. The molecule has 0 radical (unpaired) electrons. The van der Waals surface area contributed by atoms with Crippen LogP contribution >= 0.6 is 11.6 Å². The monoisotopic (exact) mass is 297 g/mol. The number of nitrogens with zero attached hydrogens (tertiary/aromatic N) is 3. The third-order valence-corrected chi connectivity index (χ3v) is 3.37. The summed E-state index contributed by atoms with van der Waals surface area (Å²) in [4.78, 5) is 31.2. The third-order valence-electron chi connectivity index (χ3n) is 3.16. The summed E-state index contributed by atoms with van der Waals surface area (Å²) in [5.74, 6) is -0.139. The van der Waals surface area contributed by atoms with Crippen LogP contribution in [0.3, 0.4) is 0 Å². The molecule has 1 aromatic heterocycles. The molecule has 1 saturated heterocycles. The number of ether oxygens (including phenoxy) is 1. The first-order valence-electron chi connectivity index (χ1n) is 6.29. The molecule has 0 N–H and O–H groups in total. The van der Waals surface area contributed by atoms with E-state index >= 15 is 0 Å². The van der Waals surface area contributed by atoms with Gasteiger partial charge in [0.25, 0.3) is 5.91 Å². The van der Waals surface area contributed by atoms with Crippen LogP contribution in [0.2, 0.25) is 5.15 Å². The maximum absolute atomic E-state index is 12.3. The van der Waals surface area contributed by atoms with Gasteiger partial charge < -0.3 is 14.5 Å². The maximum atomic E-state index is 12.3. The van der Waals surface area contributed by atoms with E-state index in [1.54, 1.807) is 21.9 Å². The first-order chi connectivity index (χ1) is 9.61. The minimum absolute atomic E-state index is 0.0495. The predicted octanol–water partition coefficient (Wildman–Crippen LogP) is 0.666. The quantitative estimate of drug-likeness (QED) is 0.769. The molecule has 0 spiro atoms. The van der Waals surface area contributed by atoms with Crippen molar-refractivity contribution in [3.63, 3.8) is 0 Å². The summed E-state index contributed by atoms with van der Waals surface area (Å²) < 4.78 is 4.82. The van der Waals surface area contributed by atoms with Gasteiger partial charge in [0.15, 0.2) is 0 Å². The molecule has 0 atom stereocenters. The third kappa shape index (κ3) is 3.46. The zero-order chi connectivity index (χ0) is 14.5. The summed E-state index contributed by atoms with van der Waals surface area (Å²) in [5, 5.41) is 0.296. The largest absolute Gasteiger partial charge is 0.375 e. The number of hydrogen-bond donors (Lipinski definition) is 0. The number of hydrogen-bond acceptors (Lipinski definition) is 4. The number of aromatic nitrogens is 1. The summed E-state index contributed by atoms with van der Waals surface area (Å²) in [6, 6.07) is 3.18. The lowest BCUT2D eigenvalue weighted by molar-refractivity contribution is -0.136. The lowest BCUT2D eigenvalue weighted by Crippen LogP contribution is -2.51. The zero-order valence-electron chi connectivity index (χ0n) is 11.2. The Bertz CT molecular complexity index is 501. The van der Waals surface area contributed by atoms with E-state index in [1.165, 1.54) is 13.3 Å². The van der Waals surface area contributed by atoms with Crippen molar-refractivity contribution in [1.29, 1.82) is 0 Å². The van der Waals surface area contributed by atoms with E-state index in [9.17, 15) is 9.59 Å². The number of pyridine rings is 1.